The lowest BCUT2D eigenvalue weighted by atomic mass is 9.90. The van der Waals surface area contributed by atoms with Crippen molar-refractivity contribution in [1.82, 2.24) is 15.3 Å². The molecule has 0 radical (unpaired) electrons. The molecule has 2 aromatic carbocycles. The van der Waals surface area contributed by atoms with Gasteiger partial charge in [0.2, 0.25) is 0 Å². The van der Waals surface area contributed by atoms with Gasteiger partial charge >= 0.3 is 6.09 Å². The summed E-state index contributed by atoms with van der Waals surface area (Å²) in [6, 6.07) is 15.1. The van der Waals surface area contributed by atoms with Crippen molar-refractivity contribution in [2.45, 2.75) is 74.4 Å². The Balaban J connectivity index is 1.12. The number of aromatic nitrogens is 2. The first-order valence-corrected chi connectivity index (χ1v) is 15.8. The Morgan fingerprint density at radius 3 is 2.27 bits per heavy atom. The van der Waals surface area contributed by atoms with Crippen LogP contribution in [-0.2, 0) is 9.53 Å². The highest BCUT2D eigenvalue weighted by Crippen LogP contribution is 2.30. The molecule has 0 unspecified atom stereocenters. The maximum absolute atomic E-state index is 12.9. The number of carbonyl (C=O) groups excluding carboxylic acids is 3. The van der Waals surface area contributed by atoms with E-state index in [2.05, 4.69) is 30.4 Å². The smallest absolute Gasteiger partial charge is 0.408 e. The van der Waals surface area contributed by atoms with Gasteiger partial charge in [-0.1, -0.05) is 17.8 Å². The van der Waals surface area contributed by atoms with Crippen LogP contribution in [0, 0.1) is 0 Å². The summed E-state index contributed by atoms with van der Waals surface area (Å²) in [7, 11) is 0. The molecular formula is C33H40N6O4S. The Morgan fingerprint density at radius 1 is 0.932 bits per heavy atom. The number of hydrogen-bond acceptors (Lipinski definition) is 9. The number of anilines is 3. The predicted octanol–water partition coefficient (Wildman–Crippen LogP) is 5.93. The zero-order chi connectivity index (χ0) is 31.3. The lowest BCUT2D eigenvalue weighted by molar-refractivity contribution is -0.119. The van der Waals surface area contributed by atoms with Crippen molar-refractivity contribution >= 4 is 46.7 Å². The van der Waals surface area contributed by atoms with Gasteiger partial charge in [-0.25, -0.2) is 14.8 Å². The van der Waals surface area contributed by atoms with Gasteiger partial charge in [-0.3, -0.25) is 9.59 Å². The first-order valence-electron chi connectivity index (χ1n) is 15.0. The summed E-state index contributed by atoms with van der Waals surface area (Å²) in [6.45, 7) is 10.6. The van der Waals surface area contributed by atoms with Gasteiger partial charge in [0, 0.05) is 66.4 Å². The second-order valence-corrected chi connectivity index (χ2v) is 13.6. The molecule has 2 fully saturated rings. The average Bonchev–Trinajstić information content (AvgIpc) is 2.97. The topological polar surface area (TPSA) is 117 Å². The van der Waals surface area contributed by atoms with Crippen molar-refractivity contribution in [3.63, 3.8) is 0 Å². The number of amides is 2. The summed E-state index contributed by atoms with van der Waals surface area (Å²) in [5.74, 6) is 0.921. The van der Waals surface area contributed by atoms with E-state index in [1.165, 1.54) is 11.8 Å². The number of Topliss-reactive ketones (excluding diaryl/α,β-unsaturated/α-hetero) is 1. The Labute approximate surface area is 263 Å². The van der Waals surface area contributed by atoms with Crippen LogP contribution in [0.1, 0.15) is 63.7 Å². The van der Waals surface area contributed by atoms with Crippen LogP contribution in [0.15, 0.2) is 70.8 Å². The first-order chi connectivity index (χ1) is 20.9. The second-order valence-electron chi connectivity index (χ2n) is 12.5. The fraction of sp³-hybridized carbons (Fsp3) is 0.424. The lowest BCUT2D eigenvalue weighted by Crippen LogP contribution is -2.54. The standard InChI is InChI=1S/C33H40N6O4S/c1-32(2,3)43-31(42)37-33(4)14-18-39(19-15-33)28-21-35-29(22-34-28)44-27-7-5-6-24(20-27)36-30(41)23-8-10-25(11-9-23)38-16-12-26(40)13-17-38/h5-11,20-22H,12-19H2,1-4H3,(H,36,41)(H,37,42). The fourth-order valence-corrected chi connectivity index (χ4v) is 6.01. The van der Waals surface area contributed by atoms with E-state index in [1.807, 2.05) is 76.2 Å². The monoisotopic (exact) mass is 616 g/mol. The number of piperidine rings is 2. The molecule has 232 valence electrons. The van der Waals surface area contributed by atoms with Gasteiger partial charge in [0.15, 0.2) is 0 Å². The highest BCUT2D eigenvalue weighted by Gasteiger charge is 2.33. The zero-order valence-electron chi connectivity index (χ0n) is 25.8. The van der Waals surface area contributed by atoms with Crippen LogP contribution in [0.2, 0.25) is 0 Å². The number of rotatable bonds is 7. The molecule has 0 atom stereocenters. The summed E-state index contributed by atoms with van der Waals surface area (Å²) in [5.41, 5.74) is 1.42. The largest absolute Gasteiger partial charge is 0.444 e. The lowest BCUT2D eigenvalue weighted by Gasteiger charge is -2.40. The third-order valence-electron chi connectivity index (χ3n) is 7.74. The molecule has 0 spiro atoms. The van der Waals surface area contributed by atoms with Crippen molar-refractivity contribution in [2.24, 2.45) is 0 Å². The highest BCUT2D eigenvalue weighted by molar-refractivity contribution is 7.99. The van der Waals surface area contributed by atoms with Crippen molar-refractivity contribution < 1.29 is 19.1 Å². The number of ether oxygens (including phenoxy) is 1. The van der Waals surface area contributed by atoms with Gasteiger partial charge in [0.1, 0.15) is 22.2 Å². The number of carbonyl (C=O) groups is 3. The quantitative estimate of drug-likeness (QED) is 0.333. The SMILES string of the molecule is CC1(NC(=O)OC(C)(C)C)CCN(c2cnc(Sc3cccc(NC(=O)c4ccc(N5CCC(=O)CC5)cc4)c3)cn2)CC1. The number of nitrogens with zero attached hydrogens (tertiary/aromatic N) is 4. The Morgan fingerprint density at radius 2 is 1.64 bits per heavy atom. The van der Waals surface area contributed by atoms with Crippen LogP contribution in [0.3, 0.4) is 0 Å². The molecule has 2 aliphatic rings. The number of benzene rings is 2. The Hall–Kier alpha value is -4.12. The van der Waals surface area contributed by atoms with E-state index in [0.29, 0.717) is 29.9 Å². The van der Waals surface area contributed by atoms with E-state index in [1.54, 1.807) is 12.4 Å². The molecule has 10 nitrogen and oxygen atoms in total. The minimum Gasteiger partial charge on any atom is -0.444 e. The van der Waals surface area contributed by atoms with Gasteiger partial charge in [-0.15, -0.1) is 0 Å². The molecule has 0 bridgehead atoms. The molecule has 5 rings (SSSR count). The summed E-state index contributed by atoms with van der Waals surface area (Å²) in [5, 5.41) is 6.77. The minimum absolute atomic E-state index is 0.185. The van der Waals surface area contributed by atoms with Crippen LogP contribution in [0.25, 0.3) is 0 Å². The molecule has 11 heteroatoms. The van der Waals surface area contributed by atoms with Crippen molar-refractivity contribution in [1.29, 1.82) is 0 Å². The average molecular weight is 617 g/mol. The van der Waals surface area contributed by atoms with Crippen molar-refractivity contribution in [3.05, 3.63) is 66.5 Å². The molecule has 3 heterocycles. The number of nitrogens with one attached hydrogen (secondary N) is 2. The molecule has 3 aromatic rings. The van der Waals surface area contributed by atoms with Gasteiger partial charge in [0.05, 0.1) is 12.4 Å². The molecule has 2 N–H and O–H groups in total. The molecule has 0 aliphatic carbocycles. The van der Waals surface area contributed by atoms with Gasteiger partial charge in [-0.05, 0) is 83.0 Å². The molecule has 1 aromatic heterocycles. The number of ketones is 1. The Bertz CT molecular complexity index is 1470. The van der Waals surface area contributed by atoms with Crippen LogP contribution < -0.4 is 20.4 Å². The van der Waals surface area contributed by atoms with Gasteiger partial charge in [0.25, 0.3) is 5.91 Å². The third kappa shape index (κ3) is 8.49. The van der Waals surface area contributed by atoms with E-state index in [4.69, 9.17) is 4.74 Å². The van der Waals surface area contributed by atoms with E-state index < -0.39 is 5.60 Å². The van der Waals surface area contributed by atoms with E-state index in [9.17, 15) is 14.4 Å². The van der Waals surface area contributed by atoms with Crippen LogP contribution >= 0.6 is 11.8 Å². The maximum atomic E-state index is 12.9. The predicted molar refractivity (Wildman–Crippen MR) is 173 cm³/mol. The first kappa shape index (κ1) is 31.3. The fourth-order valence-electron chi connectivity index (χ4n) is 5.23. The zero-order valence-corrected chi connectivity index (χ0v) is 26.6. The van der Waals surface area contributed by atoms with E-state index in [-0.39, 0.29) is 17.5 Å². The summed E-state index contributed by atoms with van der Waals surface area (Å²) >= 11 is 1.47. The number of hydrogen-bond donors (Lipinski definition) is 2. The van der Waals surface area contributed by atoms with E-state index in [0.717, 1.165) is 60.4 Å². The molecular weight excluding hydrogens is 576 g/mol. The third-order valence-corrected chi connectivity index (χ3v) is 8.65. The summed E-state index contributed by atoms with van der Waals surface area (Å²) in [4.78, 5) is 51.3. The highest BCUT2D eigenvalue weighted by atomic mass is 32.2. The molecule has 2 amide bonds. The number of alkyl carbamates (subject to hydrolysis) is 1. The normalized spacial score (nSPS) is 16.8. The summed E-state index contributed by atoms with van der Waals surface area (Å²) < 4.78 is 5.43. The minimum atomic E-state index is -0.531. The van der Waals surface area contributed by atoms with Crippen molar-refractivity contribution in [2.75, 3.05) is 41.3 Å². The molecule has 44 heavy (non-hydrogen) atoms. The second kappa shape index (κ2) is 13.3. The maximum Gasteiger partial charge on any atom is 0.408 e. The van der Waals surface area contributed by atoms with E-state index >= 15 is 0 Å². The van der Waals surface area contributed by atoms with Crippen LogP contribution in [-0.4, -0.2) is 65.1 Å². The molecule has 2 saturated heterocycles. The van der Waals surface area contributed by atoms with Crippen molar-refractivity contribution in [3.8, 4) is 0 Å². The van der Waals surface area contributed by atoms with Gasteiger partial charge in [-0.2, -0.15) is 0 Å². The van der Waals surface area contributed by atoms with Crippen LogP contribution in [0.4, 0.5) is 22.0 Å². The Kier molecular flexibility index (Phi) is 9.43. The summed E-state index contributed by atoms with van der Waals surface area (Å²) in [6.07, 6.45) is 5.84. The molecule has 2 aliphatic heterocycles. The molecule has 0 saturated carbocycles. The van der Waals surface area contributed by atoms with Gasteiger partial charge < -0.3 is 25.2 Å². The van der Waals surface area contributed by atoms with Crippen LogP contribution in [0.5, 0.6) is 0 Å².